The molecule has 2 aliphatic heterocycles. The average Bonchev–Trinajstić information content (AvgIpc) is 3.38. The largest absolute Gasteiger partial charge is 0.465 e. The molecule has 2 saturated heterocycles. The Kier molecular flexibility index (Phi) is 10.2. The second-order valence-corrected chi connectivity index (χ2v) is 15.2. The zero-order chi connectivity index (χ0) is 34.1. The minimum absolute atomic E-state index is 0.0387. The van der Waals surface area contributed by atoms with Gasteiger partial charge in [0.1, 0.15) is 12.1 Å². The first-order chi connectivity index (χ1) is 22.2. The topological polar surface area (TPSA) is 160 Å². The lowest BCUT2D eigenvalue weighted by Crippen LogP contribution is -2.61. The molecule has 0 bridgehead atoms. The van der Waals surface area contributed by atoms with Crippen LogP contribution in [-0.2, 0) is 19.2 Å². The number of amides is 5. The summed E-state index contributed by atoms with van der Waals surface area (Å²) < 4.78 is 0. The summed E-state index contributed by atoms with van der Waals surface area (Å²) in [6.07, 6.45) is 3.43. The van der Waals surface area contributed by atoms with Gasteiger partial charge >= 0.3 is 6.09 Å². The number of carboxylic acid groups (broad SMARTS) is 1. The van der Waals surface area contributed by atoms with Gasteiger partial charge in [-0.3, -0.25) is 24.1 Å². The summed E-state index contributed by atoms with van der Waals surface area (Å²) >= 11 is 0. The van der Waals surface area contributed by atoms with Gasteiger partial charge in [-0.05, 0) is 56.1 Å². The van der Waals surface area contributed by atoms with Crippen LogP contribution < -0.4 is 15.5 Å². The lowest BCUT2D eigenvalue weighted by atomic mass is 9.83. The molecule has 0 radical (unpaired) electrons. The Hall–Kier alpha value is -3.67. The van der Waals surface area contributed by atoms with E-state index in [1.54, 1.807) is 4.90 Å². The smallest absolute Gasteiger partial charge is 0.408 e. The molecule has 0 aromatic heterocycles. The lowest BCUT2D eigenvalue weighted by Gasteiger charge is -2.43. The highest BCUT2D eigenvalue weighted by atomic mass is 16.4. The molecule has 5 atom stereocenters. The molecule has 2 saturated carbocycles. The van der Waals surface area contributed by atoms with Crippen LogP contribution in [0.1, 0.15) is 91.9 Å². The number of likely N-dealkylation sites (tertiary alicyclic amines) is 1. The molecular weight excluding hydrogens is 602 g/mol. The molecule has 1 unspecified atom stereocenters. The van der Waals surface area contributed by atoms with E-state index in [2.05, 4.69) is 10.6 Å². The number of para-hydroxylation sites is 1. The maximum Gasteiger partial charge on any atom is 0.408 e. The van der Waals surface area contributed by atoms with Gasteiger partial charge in [0, 0.05) is 42.7 Å². The maximum absolute atomic E-state index is 14.8. The monoisotopic (exact) mass is 653 g/mol. The number of aliphatic hydroxyl groups excluding tert-OH is 1. The van der Waals surface area contributed by atoms with Crippen LogP contribution in [0.25, 0.3) is 0 Å². The average molecular weight is 654 g/mol. The summed E-state index contributed by atoms with van der Waals surface area (Å²) in [6, 6.07) is 6.05. The minimum Gasteiger partial charge on any atom is -0.465 e. The van der Waals surface area contributed by atoms with E-state index < -0.39 is 58.9 Å². The van der Waals surface area contributed by atoms with E-state index in [9.17, 15) is 34.2 Å². The number of anilines is 1. The summed E-state index contributed by atoms with van der Waals surface area (Å²) in [5.74, 6) is -1.63. The van der Waals surface area contributed by atoms with Crippen molar-refractivity contribution in [3.05, 3.63) is 30.3 Å². The first-order valence-corrected chi connectivity index (χ1v) is 17.2. The van der Waals surface area contributed by atoms with Gasteiger partial charge in [-0.15, -0.1) is 0 Å². The number of hydrogen-bond acceptors (Lipinski definition) is 6. The predicted octanol–water partition coefficient (Wildman–Crippen LogP) is 3.27. The third-order valence-electron chi connectivity index (χ3n) is 10.3. The summed E-state index contributed by atoms with van der Waals surface area (Å²) in [5.41, 5.74) is -0.798. The number of carbonyl (C=O) groups excluding carboxylic acids is 4. The number of carbonyl (C=O) groups is 5. The van der Waals surface area contributed by atoms with E-state index >= 15 is 0 Å². The van der Waals surface area contributed by atoms with Gasteiger partial charge in [0.25, 0.3) is 5.91 Å². The van der Waals surface area contributed by atoms with Crippen molar-refractivity contribution in [3.8, 4) is 0 Å². The molecule has 5 amide bonds. The Bertz CT molecular complexity index is 1340. The van der Waals surface area contributed by atoms with E-state index in [1.165, 1.54) is 9.80 Å². The fraction of sp³-hybridized carbons (Fsp3) is 0.686. The van der Waals surface area contributed by atoms with Crippen molar-refractivity contribution in [2.24, 2.45) is 10.8 Å². The van der Waals surface area contributed by atoms with Gasteiger partial charge in [0.2, 0.25) is 17.7 Å². The molecule has 47 heavy (non-hydrogen) atoms. The van der Waals surface area contributed by atoms with Gasteiger partial charge < -0.3 is 30.6 Å². The highest BCUT2D eigenvalue weighted by Gasteiger charge is 2.57. The predicted molar refractivity (Wildman–Crippen MR) is 175 cm³/mol. The van der Waals surface area contributed by atoms with E-state index in [4.69, 9.17) is 0 Å². The maximum atomic E-state index is 14.8. The molecule has 1 aromatic rings. The Morgan fingerprint density at radius 2 is 1.70 bits per heavy atom. The van der Waals surface area contributed by atoms with Crippen LogP contribution in [0.15, 0.2) is 30.3 Å². The first-order valence-electron chi connectivity index (χ1n) is 17.2. The van der Waals surface area contributed by atoms with Gasteiger partial charge in [-0.1, -0.05) is 65.2 Å². The number of benzene rings is 1. The van der Waals surface area contributed by atoms with Gasteiger partial charge in [0.05, 0.1) is 6.04 Å². The number of aliphatic hydroxyl groups is 1. The van der Waals surface area contributed by atoms with Crippen LogP contribution in [0, 0.1) is 10.8 Å². The number of nitrogens with zero attached hydrogens (tertiary/aromatic N) is 3. The van der Waals surface area contributed by atoms with Crippen molar-refractivity contribution >= 4 is 35.4 Å². The molecule has 258 valence electrons. The second-order valence-electron chi connectivity index (χ2n) is 15.2. The molecule has 4 aliphatic rings. The molecule has 2 aliphatic carbocycles. The molecule has 5 rings (SSSR count). The van der Waals surface area contributed by atoms with E-state index in [0.717, 1.165) is 31.4 Å². The number of nitrogens with one attached hydrogen (secondary N) is 2. The van der Waals surface area contributed by atoms with Gasteiger partial charge in [-0.25, -0.2) is 4.79 Å². The summed E-state index contributed by atoms with van der Waals surface area (Å²) in [5, 5.41) is 27.1. The molecular formula is C35H51N5O7. The Morgan fingerprint density at radius 3 is 2.28 bits per heavy atom. The fourth-order valence-electron chi connectivity index (χ4n) is 7.82. The van der Waals surface area contributed by atoms with Crippen LogP contribution in [0.4, 0.5) is 10.5 Å². The summed E-state index contributed by atoms with van der Waals surface area (Å²) in [7, 11) is 0. The zero-order valence-corrected chi connectivity index (χ0v) is 28.1. The zero-order valence-electron chi connectivity index (χ0n) is 28.1. The second kappa shape index (κ2) is 13.8. The van der Waals surface area contributed by atoms with Crippen LogP contribution in [-0.4, -0.2) is 99.1 Å². The third-order valence-corrected chi connectivity index (χ3v) is 10.3. The third kappa shape index (κ3) is 7.58. The SMILES string of the molecule is CCCC(NC(=O)[C@@H]1C[C@@]2(CC(=O)N(c3ccccc3)C2)CN1C(=O)[C@@H](N(C(=O)O)C1CCCC1)C(C)(C)C)[C@H](O)C(=O)NC1CC1. The van der Waals surface area contributed by atoms with E-state index in [-0.39, 0.29) is 37.4 Å². The summed E-state index contributed by atoms with van der Waals surface area (Å²) in [4.78, 5) is 72.5. The van der Waals surface area contributed by atoms with Crippen LogP contribution in [0.5, 0.6) is 0 Å². The highest BCUT2D eigenvalue weighted by molar-refractivity contribution is 5.98. The van der Waals surface area contributed by atoms with Crippen LogP contribution >= 0.6 is 0 Å². The highest BCUT2D eigenvalue weighted by Crippen LogP contribution is 2.46. The van der Waals surface area contributed by atoms with Crippen molar-refractivity contribution in [1.29, 1.82) is 0 Å². The molecule has 2 heterocycles. The van der Waals surface area contributed by atoms with Crippen molar-refractivity contribution in [2.75, 3.05) is 18.0 Å². The normalized spacial score (nSPS) is 25.1. The van der Waals surface area contributed by atoms with Crippen LogP contribution in [0.2, 0.25) is 0 Å². The fourth-order valence-corrected chi connectivity index (χ4v) is 7.82. The Morgan fingerprint density at radius 1 is 1.04 bits per heavy atom. The van der Waals surface area contributed by atoms with E-state index in [1.807, 2.05) is 58.0 Å². The number of hydrogen-bond donors (Lipinski definition) is 4. The van der Waals surface area contributed by atoms with E-state index in [0.29, 0.717) is 32.2 Å². The van der Waals surface area contributed by atoms with Gasteiger partial charge in [0.15, 0.2) is 6.10 Å². The number of rotatable bonds is 11. The van der Waals surface area contributed by atoms with Gasteiger partial charge in [-0.2, -0.15) is 0 Å². The lowest BCUT2D eigenvalue weighted by molar-refractivity contribution is -0.147. The summed E-state index contributed by atoms with van der Waals surface area (Å²) in [6.45, 7) is 7.81. The molecule has 1 spiro atoms. The standard InChI is InChI=1S/C35H51N5O7/c1-5-11-25(28(42)31(44)36-22-16-17-22)37-30(43)26-18-35(19-27(41)38(20-35)23-12-7-6-8-13-23)21-39(26)32(45)29(34(2,3)4)40(33(46)47)24-14-9-10-15-24/h6-8,12-13,22,24-26,28-29,42H,5,9-11,14-21H2,1-4H3,(H,36,44)(H,37,43)(H,46,47)/t25?,26-,28-,29+,35-/m0/s1. The molecule has 4 fully saturated rings. The molecule has 12 heteroatoms. The van der Waals surface area contributed by atoms with Crippen molar-refractivity contribution in [3.63, 3.8) is 0 Å². The van der Waals surface area contributed by atoms with Crippen molar-refractivity contribution in [2.45, 2.75) is 128 Å². The molecule has 12 nitrogen and oxygen atoms in total. The Labute approximate surface area is 277 Å². The Balaban J connectivity index is 1.47. The van der Waals surface area contributed by atoms with Crippen molar-refractivity contribution < 1.29 is 34.2 Å². The first kappa shape index (κ1) is 34.7. The minimum atomic E-state index is -1.46. The molecule has 4 N–H and O–H groups in total. The quantitative estimate of drug-likeness (QED) is 0.285. The van der Waals surface area contributed by atoms with Crippen molar-refractivity contribution in [1.82, 2.24) is 20.4 Å². The van der Waals surface area contributed by atoms with Crippen LogP contribution in [0.3, 0.4) is 0 Å². The molecule has 1 aromatic carbocycles.